The fraction of sp³-hybridized carbons (Fsp3) is 0.400. The molecule has 186 valence electrons. The van der Waals surface area contributed by atoms with Crippen LogP contribution in [-0.4, -0.2) is 29.0 Å². The van der Waals surface area contributed by atoms with E-state index in [1.165, 1.54) is 37.1 Å². The van der Waals surface area contributed by atoms with Crippen LogP contribution in [0.5, 0.6) is 0 Å². The summed E-state index contributed by atoms with van der Waals surface area (Å²) in [7, 11) is 0. The van der Waals surface area contributed by atoms with Gasteiger partial charge in [0.1, 0.15) is 0 Å². The Bertz CT molecular complexity index is 996. The molecule has 1 aromatic carbocycles. The largest absolute Gasteiger partial charge is 0.317 e. The first-order valence-corrected chi connectivity index (χ1v) is 12.2. The van der Waals surface area contributed by atoms with Crippen molar-refractivity contribution < 1.29 is 0 Å². The smallest absolute Gasteiger partial charge is 0.0740 e. The summed E-state index contributed by atoms with van der Waals surface area (Å²) in [6.07, 6.45) is 12.3. The second-order valence-corrected chi connectivity index (χ2v) is 8.11. The van der Waals surface area contributed by atoms with Crippen LogP contribution in [0.1, 0.15) is 73.8 Å². The third-order valence-corrected chi connectivity index (χ3v) is 5.06. The molecule has 1 aromatic heterocycles. The molecule has 0 fully saturated rings. The van der Waals surface area contributed by atoms with Gasteiger partial charge >= 0.3 is 0 Å². The van der Waals surface area contributed by atoms with Crippen molar-refractivity contribution in [3.63, 3.8) is 0 Å². The Labute approximate surface area is 208 Å². The minimum absolute atomic E-state index is 0.920. The van der Waals surface area contributed by atoms with Gasteiger partial charge < -0.3 is 5.32 Å². The van der Waals surface area contributed by atoms with E-state index in [0.29, 0.717) is 0 Å². The van der Waals surface area contributed by atoms with E-state index in [4.69, 9.17) is 0 Å². The first-order chi connectivity index (χ1) is 16.3. The number of aromatic nitrogens is 2. The molecule has 0 radical (unpaired) electrons. The van der Waals surface area contributed by atoms with Gasteiger partial charge in [-0.2, -0.15) is 5.10 Å². The van der Waals surface area contributed by atoms with Crippen molar-refractivity contribution in [3.05, 3.63) is 89.8 Å². The summed E-state index contributed by atoms with van der Waals surface area (Å²) in [5, 5.41) is 11.5. The lowest BCUT2D eigenvalue weighted by Crippen LogP contribution is -2.14. The Morgan fingerprint density at radius 2 is 1.71 bits per heavy atom. The number of fused-ring (bicyclic) bond motifs is 1. The van der Waals surface area contributed by atoms with Crippen molar-refractivity contribution >= 4 is 16.6 Å². The zero-order valence-electron chi connectivity index (χ0n) is 22.8. The van der Waals surface area contributed by atoms with E-state index in [1.54, 1.807) is 0 Å². The summed E-state index contributed by atoms with van der Waals surface area (Å²) in [5.74, 6) is 0. The number of H-pyrrole nitrogens is 1. The average molecular weight is 463 g/mol. The summed E-state index contributed by atoms with van der Waals surface area (Å²) < 4.78 is 0. The number of para-hydroxylation sites is 1. The lowest BCUT2D eigenvalue weighted by molar-refractivity contribution is 0.662. The van der Waals surface area contributed by atoms with Gasteiger partial charge in [-0.25, -0.2) is 0 Å². The minimum Gasteiger partial charge on any atom is -0.317 e. The molecule has 0 atom stereocenters. The fourth-order valence-electron chi connectivity index (χ4n) is 2.94. The van der Waals surface area contributed by atoms with Gasteiger partial charge in [-0.15, -0.1) is 0 Å². The van der Waals surface area contributed by atoms with Crippen LogP contribution in [0, 0.1) is 0 Å². The number of rotatable bonds is 9. The molecule has 2 aromatic rings. The summed E-state index contributed by atoms with van der Waals surface area (Å²) in [6, 6.07) is 6.10. The van der Waals surface area contributed by atoms with Gasteiger partial charge in [0.05, 0.1) is 17.4 Å². The highest BCUT2D eigenvalue weighted by atomic mass is 15.1. The minimum atomic E-state index is 0.920. The van der Waals surface area contributed by atoms with E-state index in [1.807, 2.05) is 70.3 Å². The number of aromatic amines is 1. The third kappa shape index (κ3) is 11.8. The molecule has 2 rings (SSSR count). The maximum absolute atomic E-state index is 4.62. The van der Waals surface area contributed by atoms with E-state index in [2.05, 4.69) is 67.4 Å². The molecule has 0 aliphatic heterocycles. The molecular formula is C30H46N4. The summed E-state index contributed by atoms with van der Waals surface area (Å²) >= 11 is 0. The number of nitrogens with one attached hydrogen (secondary N) is 2. The van der Waals surface area contributed by atoms with Gasteiger partial charge in [0, 0.05) is 16.7 Å². The number of nitrogens with zero attached hydrogens (tertiary/aromatic N) is 2. The highest BCUT2D eigenvalue weighted by Gasteiger charge is 2.06. The molecule has 2 N–H and O–H groups in total. The number of hydrogen-bond donors (Lipinski definition) is 2. The van der Waals surface area contributed by atoms with Gasteiger partial charge in [0.25, 0.3) is 0 Å². The molecule has 1 heterocycles. The summed E-state index contributed by atoms with van der Waals surface area (Å²) in [4.78, 5) is 4.62. The zero-order chi connectivity index (χ0) is 25.9. The predicted molar refractivity (Wildman–Crippen MR) is 154 cm³/mol. The molecule has 0 aliphatic carbocycles. The van der Waals surface area contributed by atoms with Crippen LogP contribution in [0.3, 0.4) is 0 Å². The molecule has 34 heavy (non-hydrogen) atoms. The summed E-state index contributed by atoms with van der Waals surface area (Å²) in [5.41, 5.74) is 7.47. The van der Waals surface area contributed by atoms with Crippen LogP contribution < -0.4 is 5.32 Å². The van der Waals surface area contributed by atoms with Gasteiger partial charge in [-0.1, -0.05) is 69.5 Å². The SMILES string of the molecule is C=C(C)/C(=C/C)N=C(C)c1cccc2cn[nH]c12.C=C/C(C)=C(C)\C=C/C.CCCNCCC. The molecule has 0 bridgehead atoms. The fourth-order valence-corrected chi connectivity index (χ4v) is 2.94. The Morgan fingerprint density at radius 1 is 1.06 bits per heavy atom. The molecule has 0 aliphatic rings. The number of benzene rings is 1. The van der Waals surface area contributed by atoms with Crippen molar-refractivity contribution in [2.24, 2.45) is 4.99 Å². The first-order valence-electron chi connectivity index (χ1n) is 12.2. The molecule has 0 spiro atoms. The van der Waals surface area contributed by atoms with Gasteiger partial charge in [-0.05, 0) is 84.2 Å². The maximum atomic E-state index is 4.62. The van der Waals surface area contributed by atoms with E-state index in [9.17, 15) is 0 Å². The first kappa shape index (κ1) is 31.0. The highest BCUT2D eigenvalue weighted by Crippen LogP contribution is 2.18. The van der Waals surface area contributed by atoms with E-state index >= 15 is 0 Å². The van der Waals surface area contributed by atoms with Crippen LogP contribution in [0.2, 0.25) is 0 Å². The van der Waals surface area contributed by atoms with Crippen LogP contribution in [0.4, 0.5) is 0 Å². The van der Waals surface area contributed by atoms with Gasteiger partial charge in [-0.3, -0.25) is 10.1 Å². The zero-order valence-corrected chi connectivity index (χ0v) is 22.8. The average Bonchev–Trinajstić information content (AvgIpc) is 3.32. The Hall–Kier alpha value is -2.98. The molecule has 4 heteroatoms. The Kier molecular flexibility index (Phi) is 16.8. The van der Waals surface area contributed by atoms with Crippen molar-refractivity contribution in [2.75, 3.05) is 13.1 Å². The Balaban J connectivity index is 0.000000571. The van der Waals surface area contributed by atoms with E-state index in [0.717, 1.165) is 33.4 Å². The van der Waals surface area contributed by atoms with Crippen molar-refractivity contribution in [3.8, 4) is 0 Å². The van der Waals surface area contributed by atoms with E-state index < -0.39 is 0 Å². The quantitative estimate of drug-likeness (QED) is 0.223. The third-order valence-electron chi connectivity index (χ3n) is 5.06. The second-order valence-electron chi connectivity index (χ2n) is 8.11. The monoisotopic (exact) mass is 462 g/mol. The topological polar surface area (TPSA) is 53.1 Å². The van der Waals surface area contributed by atoms with Crippen LogP contribution >= 0.6 is 0 Å². The molecular weight excluding hydrogens is 416 g/mol. The molecule has 0 saturated heterocycles. The van der Waals surface area contributed by atoms with Crippen LogP contribution in [0.25, 0.3) is 10.9 Å². The number of allylic oxidation sites excluding steroid dienone is 7. The maximum Gasteiger partial charge on any atom is 0.0740 e. The van der Waals surface area contributed by atoms with Crippen molar-refractivity contribution in [2.45, 2.75) is 68.2 Å². The molecule has 0 unspecified atom stereocenters. The molecule has 0 amide bonds. The second kappa shape index (κ2) is 18.4. The van der Waals surface area contributed by atoms with Crippen LogP contribution in [0.15, 0.2) is 89.3 Å². The normalized spacial score (nSPS) is 12.5. The number of hydrogen-bond acceptors (Lipinski definition) is 3. The Morgan fingerprint density at radius 3 is 2.21 bits per heavy atom. The predicted octanol–water partition coefficient (Wildman–Crippen LogP) is 8.33. The lowest BCUT2D eigenvalue weighted by atomic mass is 10.1. The van der Waals surface area contributed by atoms with Crippen molar-refractivity contribution in [1.82, 2.24) is 15.5 Å². The summed E-state index contributed by atoms with van der Waals surface area (Å²) in [6.45, 7) is 26.4. The van der Waals surface area contributed by atoms with E-state index in [-0.39, 0.29) is 0 Å². The molecule has 4 nitrogen and oxygen atoms in total. The lowest BCUT2D eigenvalue weighted by Gasteiger charge is -2.05. The number of aliphatic imine (C=N–C) groups is 1. The molecule has 0 saturated carbocycles. The van der Waals surface area contributed by atoms with Gasteiger partial charge in [0.2, 0.25) is 0 Å². The van der Waals surface area contributed by atoms with Crippen molar-refractivity contribution in [1.29, 1.82) is 0 Å². The van der Waals surface area contributed by atoms with Crippen LogP contribution in [-0.2, 0) is 0 Å². The standard InChI is InChI=1S/C15H17N3.C9H14.C6H15N/c1-5-14(10(2)3)17-11(4)13-8-6-7-12-9-16-18-15(12)13;1-5-7-9(4)8(3)6-2;1-3-5-7-6-4-2/h5-9H,2H2,1,3-4H3,(H,16,18);5-7H,2H2,1,3-4H3;7H,3-6H2,1-2H3/b14-5-,17-11?;7-5-,9-8-;. The van der Waals surface area contributed by atoms with Gasteiger partial charge in [0.15, 0.2) is 0 Å². The highest BCUT2D eigenvalue weighted by molar-refractivity contribution is 6.08.